The number of rotatable bonds is 11. The van der Waals surface area contributed by atoms with Gasteiger partial charge in [0, 0.05) is 5.56 Å². The molecule has 0 atom stereocenters. The van der Waals surface area contributed by atoms with E-state index in [2.05, 4.69) is 0 Å². The molecule has 4 rings (SSSR count). The van der Waals surface area contributed by atoms with Crippen LogP contribution in [0.2, 0.25) is 0 Å². The number of carbonyl (C=O) groups excluding carboxylic acids is 1. The van der Waals surface area contributed by atoms with Crippen LogP contribution in [0.4, 0.5) is 17.6 Å². The lowest BCUT2D eigenvalue weighted by Crippen LogP contribution is -2.39. The summed E-state index contributed by atoms with van der Waals surface area (Å²) < 4.78 is 104. The summed E-state index contributed by atoms with van der Waals surface area (Å²) in [7, 11) is -5.64. The van der Waals surface area contributed by atoms with E-state index in [4.69, 9.17) is 9.47 Å². The molecular weight excluding hydrogens is 612 g/mol. The van der Waals surface area contributed by atoms with Gasteiger partial charge in [-0.2, -0.15) is 17.2 Å². The molecule has 6 nitrogen and oxygen atoms in total. The highest BCUT2D eigenvalue weighted by Gasteiger charge is 2.37. The molecule has 0 radical (unpaired) electrons. The Hall–Kier alpha value is -2.66. The Morgan fingerprint density at radius 3 is 1.82 bits per heavy atom. The van der Waals surface area contributed by atoms with Crippen molar-refractivity contribution in [3.63, 3.8) is 0 Å². The topological polar surface area (TPSA) is 89.9 Å². The van der Waals surface area contributed by atoms with Crippen molar-refractivity contribution in [2.24, 2.45) is 5.92 Å². The van der Waals surface area contributed by atoms with Gasteiger partial charge in [0.2, 0.25) is 17.4 Å². The van der Waals surface area contributed by atoms with Crippen LogP contribution in [0.15, 0.2) is 17.0 Å². The van der Waals surface area contributed by atoms with E-state index in [1.807, 2.05) is 33.8 Å². The quantitative estimate of drug-likeness (QED) is 0.112. The number of benzene rings is 2. The number of carbonyl (C=O) groups is 1. The monoisotopic (exact) mass is 656 g/mol. The maximum Gasteiger partial charge on any atom is 0.310 e. The molecule has 2 aliphatic rings. The first-order valence-electron chi connectivity index (χ1n) is 16.1. The summed E-state index contributed by atoms with van der Waals surface area (Å²) in [5, 5.41) is 0. The van der Waals surface area contributed by atoms with Crippen molar-refractivity contribution >= 4 is 16.1 Å². The molecule has 45 heavy (non-hydrogen) atoms. The third kappa shape index (κ3) is 7.50. The molecule has 2 aromatic rings. The van der Waals surface area contributed by atoms with Gasteiger partial charge in [-0.15, -0.1) is 0 Å². The first-order chi connectivity index (χ1) is 21.2. The highest BCUT2D eigenvalue weighted by atomic mass is 32.2. The van der Waals surface area contributed by atoms with Crippen LogP contribution >= 0.6 is 0 Å². The number of ether oxygens (including phenoxy) is 2. The van der Waals surface area contributed by atoms with Gasteiger partial charge in [-0.3, -0.25) is 9.35 Å². The maximum absolute atomic E-state index is 15.3. The van der Waals surface area contributed by atoms with Crippen molar-refractivity contribution in [2.75, 3.05) is 0 Å². The van der Waals surface area contributed by atoms with Crippen LogP contribution in [0.3, 0.4) is 0 Å². The number of esters is 1. The Labute approximate surface area is 263 Å². The smallest absolute Gasteiger partial charge is 0.310 e. The Kier molecular flexibility index (Phi) is 11.3. The van der Waals surface area contributed by atoms with Crippen LogP contribution < -0.4 is 4.74 Å². The zero-order valence-corrected chi connectivity index (χ0v) is 27.3. The zero-order valence-electron chi connectivity index (χ0n) is 26.5. The summed E-state index contributed by atoms with van der Waals surface area (Å²) >= 11 is 0. The first-order valence-corrected chi connectivity index (χ1v) is 17.6. The number of hydrogen-bond acceptors (Lipinski definition) is 5. The van der Waals surface area contributed by atoms with E-state index in [0.717, 1.165) is 69.8 Å². The van der Waals surface area contributed by atoms with Crippen LogP contribution in [0.5, 0.6) is 11.5 Å². The van der Waals surface area contributed by atoms with Gasteiger partial charge >= 0.3 is 16.1 Å². The minimum absolute atomic E-state index is 0.00834. The number of hydrogen-bond donors (Lipinski definition) is 1. The molecule has 2 fully saturated rings. The lowest BCUT2D eigenvalue weighted by molar-refractivity contribution is -0.165. The second-order valence-corrected chi connectivity index (χ2v) is 14.2. The Morgan fingerprint density at radius 2 is 1.36 bits per heavy atom. The van der Waals surface area contributed by atoms with E-state index in [1.54, 1.807) is 6.07 Å². The van der Waals surface area contributed by atoms with Gasteiger partial charge in [0.1, 0.15) is 11.4 Å². The molecule has 0 unspecified atom stereocenters. The molecule has 0 aromatic heterocycles. The van der Waals surface area contributed by atoms with Gasteiger partial charge in [-0.1, -0.05) is 78.4 Å². The molecular formula is C34H44F4O6S. The molecule has 0 bridgehead atoms. The second kappa shape index (κ2) is 14.4. The molecule has 0 saturated heterocycles. The van der Waals surface area contributed by atoms with Gasteiger partial charge in [0.15, 0.2) is 16.5 Å². The van der Waals surface area contributed by atoms with Crippen molar-refractivity contribution in [3.05, 3.63) is 52.1 Å². The van der Waals surface area contributed by atoms with E-state index in [0.29, 0.717) is 18.4 Å². The van der Waals surface area contributed by atoms with E-state index in [1.165, 1.54) is 0 Å². The second-order valence-electron chi connectivity index (χ2n) is 12.8. The van der Waals surface area contributed by atoms with Crippen molar-refractivity contribution in [2.45, 2.75) is 133 Å². The van der Waals surface area contributed by atoms with Gasteiger partial charge in [-0.25, -0.2) is 8.78 Å². The van der Waals surface area contributed by atoms with E-state index < -0.39 is 55.6 Å². The van der Waals surface area contributed by atoms with Gasteiger partial charge in [0.25, 0.3) is 0 Å². The molecule has 0 heterocycles. The van der Waals surface area contributed by atoms with Crippen LogP contribution in [0.1, 0.15) is 133 Å². The SMILES string of the molecule is CCC(CC)(OC(=O)Cc1cc(C2CCCCC2)cc(C2CCCCC2)c1Oc1c(F)c(F)c(S(=O)(=O)O)c(F)c1F)C(C)C. The Morgan fingerprint density at radius 1 is 0.844 bits per heavy atom. The summed E-state index contributed by atoms with van der Waals surface area (Å²) in [6.45, 7) is 7.79. The molecule has 1 N–H and O–H groups in total. The lowest BCUT2D eigenvalue weighted by Gasteiger charge is -2.35. The van der Waals surface area contributed by atoms with Crippen LogP contribution in [-0.4, -0.2) is 24.5 Å². The largest absolute Gasteiger partial charge is 0.459 e. The summed E-state index contributed by atoms with van der Waals surface area (Å²) in [5.41, 5.74) is 1.08. The average molecular weight is 657 g/mol. The molecule has 2 saturated carbocycles. The van der Waals surface area contributed by atoms with Crippen molar-refractivity contribution in [1.82, 2.24) is 0 Å². The minimum atomic E-state index is -5.64. The third-order valence-corrected chi connectivity index (χ3v) is 10.8. The van der Waals surface area contributed by atoms with Crippen LogP contribution in [0.25, 0.3) is 0 Å². The standard InChI is InChI=1S/C34H44F4O6S/c1-5-34(6-2,20(3)4)44-26(39)19-24-17-23(21-13-9-7-10-14-21)18-25(22-15-11-8-12-16-22)31(24)43-32-27(35)29(37)33(45(40,41)42)30(38)28(32)36/h17-18,20-22H,5-16,19H2,1-4H3,(H,40,41,42). The molecule has 11 heteroatoms. The molecule has 2 aromatic carbocycles. The van der Waals surface area contributed by atoms with Crippen LogP contribution in [-0.2, 0) is 26.1 Å². The highest BCUT2D eigenvalue weighted by Crippen LogP contribution is 2.46. The van der Waals surface area contributed by atoms with Gasteiger partial charge < -0.3 is 9.47 Å². The molecule has 2 aliphatic carbocycles. The number of halogens is 4. The minimum Gasteiger partial charge on any atom is -0.459 e. The zero-order chi connectivity index (χ0) is 33.1. The van der Waals surface area contributed by atoms with E-state index >= 15 is 8.78 Å². The predicted molar refractivity (Wildman–Crippen MR) is 162 cm³/mol. The van der Waals surface area contributed by atoms with Gasteiger partial charge in [0.05, 0.1) is 6.42 Å². The molecule has 250 valence electrons. The predicted octanol–water partition coefficient (Wildman–Crippen LogP) is 9.68. The average Bonchev–Trinajstić information content (AvgIpc) is 3.01. The fourth-order valence-electron chi connectivity index (χ4n) is 7.14. The Bertz CT molecular complexity index is 1460. The molecule has 0 amide bonds. The summed E-state index contributed by atoms with van der Waals surface area (Å²) in [5.74, 6) is -10.9. The third-order valence-electron chi connectivity index (χ3n) is 9.88. The Balaban J connectivity index is 1.91. The van der Waals surface area contributed by atoms with Gasteiger partial charge in [-0.05, 0) is 67.4 Å². The fraction of sp³-hybridized carbons (Fsp3) is 0.618. The summed E-state index contributed by atoms with van der Waals surface area (Å²) in [6.07, 6.45) is 10.2. The molecule has 0 spiro atoms. The van der Waals surface area contributed by atoms with E-state index in [-0.39, 0.29) is 35.5 Å². The summed E-state index contributed by atoms with van der Waals surface area (Å²) in [4.78, 5) is 11.4. The van der Waals surface area contributed by atoms with Crippen molar-refractivity contribution in [1.29, 1.82) is 0 Å². The lowest BCUT2D eigenvalue weighted by atomic mass is 9.78. The first kappa shape index (κ1) is 35.2. The summed E-state index contributed by atoms with van der Waals surface area (Å²) in [6, 6.07) is 3.70. The maximum atomic E-state index is 15.3. The highest BCUT2D eigenvalue weighted by molar-refractivity contribution is 7.85. The van der Waals surface area contributed by atoms with E-state index in [9.17, 15) is 26.5 Å². The fourth-order valence-corrected chi connectivity index (χ4v) is 7.77. The van der Waals surface area contributed by atoms with Crippen molar-refractivity contribution < 1.29 is 44.8 Å². The normalized spacial score (nSPS) is 17.1. The van der Waals surface area contributed by atoms with Crippen LogP contribution in [0, 0.1) is 29.2 Å². The van der Waals surface area contributed by atoms with Crippen molar-refractivity contribution in [3.8, 4) is 11.5 Å². The molecule has 0 aliphatic heterocycles.